The molecule has 0 unspecified atom stereocenters. The zero-order valence-electron chi connectivity index (χ0n) is 10.2. The molecule has 2 rings (SSSR count). The Bertz CT molecular complexity index is 408. The molecular formula is C13H20ClFN2O. The third-order valence-electron chi connectivity index (χ3n) is 3.71. The fraction of sp³-hybridized carbons (Fsp3) is 0.538. The Morgan fingerprint density at radius 3 is 2.44 bits per heavy atom. The molecule has 5 heteroatoms. The maximum absolute atomic E-state index is 13.1. The van der Waals surface area contributed by atoms with Gasteiger partial charge in [-0.15, -0.1) is 12.4 Å². The Morgan fingerprint density at radius 1 is 1.22 bits per heavy atom. The number of nitrogens with two attached hydrogens (primary N) is 2. The van der Waals surface area contributed by atoms with Gasteiger partial charge in [-0.1, -0.05) is 25.3 Å². The average Bonchev–Trinajstić information content (AvgIpc) is 2.36. The zero-order chi connectivity index (χ0) is 12.4. The third kappa shape index (κ3) is 2.87. The normalized spacial score (nSPS) is 18.1. The van der Waals surface area contributed by atoms with E-state index < -0.39 is 5.82 Å². The molecule has 0 radical (unpaired) electrons. The number of nitrogen functional groups attached to an aromatic ring is 1. The molecule has 1 aromatic carbocycles. The molecule has 0 saturated heterocycles. The molecule has 0 spiro atoms. The van der Waals surface area contributed by atoms with Gasteiger partial charge in [-0.2, -0.15) is 0 Å². The monoisotopic (exact) mass is 274 g/mol. The Kier molecular flexibility index (Phi) is 5.23. The van der Waals surface area contributed by atoms with Gasteiger partial charge in [0, 0.05) is 11.6 Å². The second-order valence-electron chi connectivity index (χ2n) is 4.82. The largest absolute Gasteiger partial charge is 0.505 e. The van der Waals surface area contributed by atoms with Crippen LogP contribution < -0.4 is 11.5 Å². The fourth-order valence-corrected chi connectivity index (χ4v) is 2.62. The van der Waals surface area contributed by atoms with Gasteiger partial charge in [-0.05, 0) is 24.8 Å². The van der Waals surface area contributed by atoms with E-state index in [0.29, 0.717) is 11.5 Å². The molecular weight excluding hydrogens is 255 g/mol. The van der Waals surface area contributed by atoms with Crippen LogP contribution in [-0.4, -0.2) is 5.11 Å². The van der Waals surface area contributed by atoms with Crippen LogP contribution in [0, 0.1) is 11.7 Å². The summed E-state index contributed by atoms with van der Waals surface area (Å²) in [6.07, 6.45) is 5.74. The number of benzene rings is 1. The standard InChI is InChI=1S/C13H19FN2O.ClH/c14-10-7-6-9(13(17)12(10)16)11(15)8-4-2-1-3-5-8;/h6-8,11,17H,1-5,15-16H2;1H/t11-;/m1./s1. The lowest BCUT2D eigenvalue weighted by Gasteiger charge is -2.28. The number of halogens is 2. The first-order valence-electron chi connectivity index (χ1n) is 6.13. The lowest BCUT2D eigenvalue weighted by atomic mass is 9.81. The van der Waals surface area contributed by atoms with Crippen molar-refractivity contribution in [2.45, 2.75) is 38.1 Å². The highest BCUT2D eigenvalue weighted by atomic mass is 35.5. The SMILES string of the molecule is Cl.Nc1c(F)ccc([C@H](N)C2CCCCC2)c1O. The minimum absolute atomic E-state index is 0. The molecule has 0 heterocycles. The number of aromatic hydroxyl groups is 1. The van der Waals surface area contributed by atoms with E-state index in [1.165, 1.54) is 25.3 Å². The summed E-state index contributed by atoms with van der Waals surface area (Å²) in [6, 6.07) is 2.56. The first kappa shape index (κ1) is 15.1. The molecule has 5 N–H and O–H groups in total. The van der Waals surface area contributed by atoms with E-state index in [-0.39, 0.29) is 29.9 Å². The molecule has 3 nitrogen and oxygen atoms in total. The topological polar surface area (TPSA) is 72.3 Å². The molecule has 1 aliphatic rings. The number of anilines is 1. The van der Waals surface area contributed by atoms with Crippen LogP contribution >= 0.6 is 12.4 Å². The Morgan fingerprint density at radius 2 is 1.83 bits per heavy atom. The molecule has 0 amide bonds. The van der Waals surface area contributed by atoms with E-state index in [4.69, 9.17) is 11.5 Å². The molecule has 102 valence electrons. The average molecular weight is 275 g/mol. The van der Waals surface area contributed by atoms with Crippen LogP contribution in [0.15, 0.2) is 12.1 Å². The van der Waals surface area contributed by atoms with E-state index in [2.05, 4.69) is 0 Å². The molecule has 0 aliphatic heterocycles. The van der Waals surface area contributed by atoms with Crippen LogP contribution in [0.2, 0.25) is 0 Å². The van der Waals surface area contributed by atoms with Crippen LogP contribution in [0.5, 0.6) is 5.75 Å². The van der Waals surface area contributed by atoms with E-state index >= 15 is 0 Å². The smallest absolute Gasteiger partial charge is 0.149 e. The summed E-state index contributed by atoms with van der Waals surface area (Å²) in [6.45, 7) is 0. The van der Waals surface area contributed by atoms with Gasteiger partial charge in [0.2, 0.25) is 0 Å². The molecule has 0 aromatic heterocycles. The second kappa shape index (κ2) is 6.25. The van der Waals surface area contributed by atoms with E-state index in [0.717, 1.165) is 12.8 Å². The van der Waals surface area contributed by atoms with Crippen LogP contribution in [0.25, 0.3) is 0 Å². The lowest BCUT2D eigenvalue weighted by molar-refractivity contribution is 0.303. The molecule has 1 atom stereocenters. The van der Waals surface area contributed by atoms with E-state index in [1.54, 1.807) is 6.07 Å². The van der Waals surface area contributed by atoms with Crippen molar-refractivity contribution in [1.82, 2.24) is 0 Å². The summed E-state index contributed by atoms with van der Waals surface area (Å²) in [4.78, 5) is 0. The van der Waals surface area contributed by atoms with Gasteiger partial charge in [0.05, 0.1) is 0 Å². The Balaban J connectivity index is 0.00000162. The highest BCUT2D eigenvalue weighted by Gasteiger charge is 2.25. The molecule has 18 heavy (non-hydrogen) atoms. The number of phenolic OH excluding ortho intramolecular Hbond substituents is 1. The fourth-order valence-electron chi connectivity index (χ4n) is 2.62. The van der Waals surface area contributed by atoms with Crippen molar-refractivity contribution in [1.29, 1.82) is 0 Å². The summed E-state index contributed by atoms with van der Waals surface area (Å²) in [5, 5.41) is 9.83. The minimum atomic E-state index is -0.595. The summed E-state index contributed by atoms with van der Waals surface area (Å²) in [7, 11) is 0. The van der Waals surface area contributed by atoms with Crippen molar-refractivity contribution in [2.24, 2.45) is 11.7 Å². The summed E-state index contributed by atoms with van der Waals surface area (Å²) in [5.74, 6) is -0.426. The third-order valence-corrected chi connectivity index (χ3v) is 3.71. The van der Waals surface area contributed by atoms with Crippen molar-refractivity contribution in [3.05, 3.63) is 23.5 Å². The van der Waals surface area contributed by atoms with Gasteiger partial charge in [-0.25, -0.2) is 4.39 Å². The number of hydrogen-bond acceptors (Lipinski definition) is 3. The number of rotatable bonds is 2. The van der Waals surface area contributed by atoms with E-state index in [1.807, 2.05) is 0 Å². The molecule has 1 fully saturated rings. The summed E-state index contributed by atoms with van der Waals surface area (Å²) >= 11 is 0. The maximum atomic E-state index is 13.1. The van der Waals surface area contributed by atoms with Crippen LogP contribution in [0.3, 0.4) is 0 Å². The van der Waals surface area contributed by atoms with Gasteiger partial charge in [0.15, 0.2) is 0 Å². The lowest BCUT2D eigenvalue weighted by Crippen LogP contribution is -2.23. The predicted molar refractivity (Wildman–Crippen MR) is 73.2 cm³/mol. The molecule has 1 aromatic rings. The summed E-state index contributed by atoms with van der Waals surface area (Å²) in [5.41, 5.74) is 12.0. The van der Waals surface area contributed by atoms with Crippen molar-refractivity contribution in [3.8, 4) is 5.75 Å². The Hall–Kier alpha value is -1.00. The molecule has 1 saturated carbocycles. The van der Waals surface area contributed by atoms with Gasteiger partial charge >= 0.3 is 0 Å². The van der Waals surface area contributed by atoms with Crippen molar-refractivity contribution in [3.63, 3.8) is 0 Å². The first-order chi connectivity index (χ1) is 8.11. The van der Waals surface area contributed by atoms with Gasteiger partial charge in [0.25, 0.3) is 0 Å². The van der Waals surface area contributed by atoms with Gasteiger partial charge in [0.1, 0.15) is 17.3 Å². The highest BCUT2D eigenvalue weighted by molar-refractivity contribution is 5.85. The summed E-state index contributed by atoms with van der Waals surface area (Å²) < 4.78 is 13.1. The first-order valence-corrected chi connectivity index (χ1v) is 6.13. The van der Waals surface area contributed by atoms with Crippen LogP contribution in [-0.2, 0) is 0 Å². The highest BCUT2D eigenvalue weighted by Crippen LogP contribution is 2.38. The second-order valence-corrected chi connectivity index (χ2v) is 4.82. The van der Waals surface area contributed by atoms with Crippen LogP contribution in [0.1, 0.15) is 43.7 Å². The quantitative estimate of drug-likeness (QED) is 0.573. The zero-order valence-corrected chi connectivity index (χ0v) is 11.0. The number of hydrogen-bond donors (Lipinski definition) is 3. The predicted octanol–water partition coefficient (Wildman–Crippen LogP) is 3.12. The van der Waals surface area contributed by atoms with E-state index in [9.17, 15) is 9.50 Å². The van der Waals surface area contributed by atoms with Crippen LogP contribution in [0.4, 0.5) is 10.1 Å². The van der Waals surface area contributed by atoms with Crippen molar-refractivity contribution in [2.75, 3.05) is 5.73 Å². The maximum Gasteiger partial charge on any atom is 0.149 e. The number of phenols is 1. The van der Waals surface area contributed by atoms with Crippen molar-refractivity contribution < 1.29 is 9.50 Å². The molecule has 1 aliphatic carbocycles. The molecule has 0 bridgehead atoms. The minimum Gasteiger partial charge on any atom is -0.505 e. The Labute approximate surface area is 113 Å². The van der Waals surface area contributed by atoms with Gasteiger partial charge in [-0.3, -0.25) is 0 Å². The van der Waals surface area contributed by atoms with Gasteiger partial charge < -0.3 is 16.6 Å². The van der Waals surface area contributed by atoms with Crippen molar-refractivity contribution >= 4 is 18.1 Å².